The van der Waals surface area contributed by atoms with Crippen LogP contribution in [0.4, 0.5) is 5.95 Å². The van der Waals surface area contributed by atoms with Crippen molar-refractivity contribution in [2.24, 2.45) is 7.05 Å². The van der Waals surface area contributed by atoms with Gasteiger partial charge in [0.25, 0.3) is 5.56 Å². The molecule has 8 nitrogen and oxygen atoms in total. The Hall–Kier alpha value is -3.68. The first-order valence-corrected chi connectivity index (χ1v) is 9.00. The number of hydrogen-bond donors (Lipinski definition) is 2. The van der Waals surface area contributed by atoms with Crippen LogP contribution in [0.15, 0.2) is 64.3 Å². The van der Waals surface area contributed by atoms with Crippen LogP contribution >= 0.6 is 0 Å². The number of aromatic amines is 1. The van der Waals surface area contributed by atoms with Crippen LogP contribution in [-0.4, -0.2) is 30.6 Å². The molecule has 8 heteroatoms. The highest BCUT2D eigenvalue weighted by Crippen LogP contribution is 2.12. The summed E-state index contributed by atoms with van der Waals surface area (Å²) >= 11 is 0. The van der Waals surface area contributed by atoms with Crippen LogP contribution in [0.3, 0.4) is 0 Å². The molecule has 0 saturated heterocycles. The summed E-state index contributed by atoms with van der Waals surface area (Å²) in [4.78, 5) is 36.0. The predicted molar refractivity (Wildman–Crippen MR) is 108 cm³/mol. The van der Waals surface area contributed by atoms with Crippen molar-refractivity contribution in [3.8, 4) is 0 Å². The lowest BCUT2D eigenvalue weighted by molar-refractivity contribution is 0.719. The molecule has 3 aromatic heterocycles. The highest BCUT2D eigenvalue weighted by Gasteiger charge is 2.12. The maximum Gasteiger partial charge on any atom is 0.329 e. The third kappa shape index (κ3) is 3.57. The summed E-state index contributed by atoms with van der Waals surface area (Å²) in [7, 11) is 1.73. The van der Waals surface area contributed by atoms with Crippen molar-refractivity contribution in [2.45, 2.75) is 13.0 Å². The van der Waals surface area contributed by atoms with E-state index in [-0.39, 0.29) is 17.8 Å². The predicted octanol–water partition coefficient (Wildman–Crippen LogP) is 1.52. The van der Waals surface area contributed by atoms with E-state index in [1.54, 1.807) is 22.4 Å². The van der Waals surface area contributed by atoms with E-state index in [1.165, 1.54) is 6.07 Å². The lowest BCUT2D eigenvalue weighted by Gasteiger charge is -2.08. The molecular weight excluding hydrogens is 356 g/mol. The molecule has 0 fully saturated rings. The minimum atomic E-state index is -0.265. The Labute approximate surface area is 160 Å². The number of nitrogens with one attached hydrogen (secondary N) is 2. The second-order valence-corrected chi connectivity index (χ2v) is 6.50. The third-order valence-electron chi connectivity index (χ3n) is 4.57. The lowest BCUT2D eigenvalue weighted by Crippen LogP contribution is -2.24. The maximum absolute atomic E-state index is 12.6. The second-order valence-electron chi connectivity index (χ2n) is 6.50. The molecule has 0 aliphatic heterocycles. The monoisotopic (exact) mass is 376 g/mol. The summed E-state index contributed by atoms with van der Waals surface area (Å²) in [5.41, 5.74) is 2.71. The summed E-state index contributed by atoms with van der Waals surface area (Å²) in [6, 6.07) is 14.7. The Morgan fingerprint density at radius 1 is 1.04 bits per heavy atom. The van der Waals surface area contributed by atoms with E-state index in [0.717, 1.165) is 16.7 Å². The number of aromatic nitrogens is 5. The summed E-state index contributed by atoms with van der Waals surface area (Å²) in [6.45, 7) is 0.802. The van der Waals surface area contributed by atoms with Crippen LogP contribution < -0.4 is 16.6 Å². The van der Waals surface area contributed by atoms with E-state index in [9.17, 15) is 9.59 Å². The topological polar surface area (TPSA) is 97.6 Å². The van der Waals surface area contributed by atoms with Gasteiger partial charge in [0.15, 0.2) is 0 Å². The Morgan fingerprint density at radius 2 is 1.82 bits per heavy atom. The molecule has 3 heterocycles. The number of H-pyrrole nitrogens is 1. The summed E-state index contributed by atoms with van der Waals surface area (Å²) < 4.78 is 3.21. The van der Waals surface area contributed by atoms with E-state index in [0.29, 0.717) is 24.6 Å². The van der Waals surface area contributed by atoms with Crippen molar-refractivity contribution in [1.29, 1.82) is 0 Å². The number of pyridine rings is 1. The number of aryl methyl sites for hydroxylation is 1. The van der Waals surface area contributed by atoms with Crippen LogP contribution in [0.5, 0.6) is 0 Å². The molecule has 0 amide bonds. The van der Waals surface area contributed by atoms with Gasteiger partial charge in [0.1, 0.15) is 0 Å². The normalized spacial score (nSPS) is 11.0. The molecule has 4 aromatic rings. The van der Waals surface area contributed by atoms with Crippen molar-refractivity contribution in [1.82, 2.24) is 24.1 Å². The highest BCUT2D eigenvalue weighted by atomic mass is 16.1. The summed E-state index contributed by atoms with van der Waals surface area (Å²) in [6.07, 6.45) is 2.45. The van der Waals surface area contributed by atoms with E-state index in [1.807, 2.05) is 42.5 Å². The fourth-order valence-electron chi connectivity index (χ4n) is 3.21. The fourth-order valence-corrected chi connectivity index (χ4v) is 3.21. The first-order valence-electron chi connectivity index (χ1n) is 9.00. The molecule has 142 valence electrons. The van der Waals surface area contributed by atoms with E-state index in [4.69, 9.17) is 0 Å². The molecule has 0 saturated carbocycles. The Morgan fingerprint density at radius 3 is 2.61 bits per heavy atom. The van der Waals surface area contributed by atoms with Crippen molar-refractivity contribution >= 4 is 17.0 Å². The van der Waals surface area contributed by atoms with Crippen molar-refractivity contribution < 1.29 is 0 Å². The van der Waals surface area contributed by atoms with Crippen molar-refractivity contribution in [2.75, 3.05) is 11.9 Å². The van der Waals surface area contributed by atoms with Gasteiger partial charge in [-0.05, 0) is 24.3 Å². The largest absolute Gasteiger partial charge is 0.355 e. The molecule has 0 spiro atoms. The van der Waals surface area contributed by atoms with Crippen molar-refractivity contribution in [3.05, 3.63) is 87.0 Å². The highest BCUT2D eigenvalue weighted by molar-refractivity contribution is 5.75. The minimum Gasteiger partial charge on any atom is -0.355 e. The Kier molecular flexibility index (Phi) is 4.76. The fraction of sp³-hybridized carbons (Fsp3) is 0.200. The first-order chi connectivity index (χ1) is 13.6. The number of imidazole rings is 1. The van der Waals surface area contributed by atoms with E-state index < -0.39 is 0 Å². The molecule has 2 N–H and O–H groups in total. The van der Waals surface area contributed by atoms with Gasteiger partial charge in [-0.25, -0.2) is 9.78 Å². The smallest absolute Gasteiger partial charge is 0.329 e. The number of rotatable bonds is 6. The van der Waals surface area contributed by atoms with E-state index in [2.05, 4.69) is 20.3 Å². The van der Waals surface area contributed by atoms with Crippen LogP contribution in [-0.2, 0) is 20.0 Å². The van der Waals surface area contributed by atoms with Crippen LogP contribution in [0, 0.1) is 0 Å². The molecule has 0 atom stereocenters. The molecule has 0 radical (unpaired) electrons. The zero-order valence-corrected chi connectivity index (χ0v) is 15.4. The van der Waals surface area contributed by atoms with Gasteiger partial charge in [-0.2, -0.15) is 0 Å². The quantitative estimate of drug-likeness (QED) is 0.532. The standard InChI is InChI=1S/C20H20N6O2/c1-25-16-7-2-3-8-17(16)26(20(25)28)13-15-12-18(27)24-19(23-15)22-11-9-14-6-4-5-10-21-14/h2-8,10,12H,9,11,13H2,1H3,(H2,22,23,24,27). The number of benzene rings is 1. The van der Waals surface area contributed by atoms with Gasteiger partial charge < -0.3 is 5.32 Å². The SMILES string of the molecule is Cn1c(=O)n(Cc2cc(=O)[nH]c(NCCc3ccccn3)n2)c2ccccc21. The van der Waals surface area contributed by atoms with Crippen LogP contribution in [0.2, 0.25) is 0 Å². The zero-order chi connectivity index (χ0) is 19.5. The van der Waals surface area contributed by atoms with Gasteiger partial charge in [-0.3, -0.25) is 23.9 Å². The minimum absolute atomic E-state index is 0.145. The summed E-state index contributed by atoms with van der Waals surface area (Å²) in [5.74, 6) is 0.381. The number of fused-ring (bicyclic) bond motifs is 1. The third-order valence-corrected chi connectivity index (χ3v) is 4.57. The second kappa shape index (κ2) is 7.51. The van der Waals surface area contributed by atoms with Gasteiger partial charge in [-0.1, -0.05) is 18.2 Å². The molecule has 4 rings (SSSR count). The number of para-hydroxylation sites is 2. The lowest BCUT2D eigenvalue weighted by atomic mass is 10.3. The van der Waals surface area contributed by atoms with Gasteiger partial charge in [0, 0.05) is 38.0 Å². The number of anilines is 1. The van der Waals surface area contributed by atoms with Crippen LogP contribution in [0.25, 0.3) is 11.0 Å². The Bertz CT molecular complexity index is 1220. The van der Waals surface area contributed by atoms with Gasteiger partial charge in [-0.15, -0.1) is 0 Å². The molecule has 0 aliphatic carbocycles. The maximum atomic E-state index is 12.6. The summed E-state index contributed by atoms with van der Waals surface area (Å²) in [5, 5.41) is 3.12. The van der Waals surface area contributed by atoms with Gasteiger partial charge >= 0.3 is 5.69 Å². The first kappa shape index (κ1) is 17.7. The number of nitrogens with zero attached hydrogens (tertiary/aromatic N) is 4. The van der Waals surface area contributed by atoms with E-state index >= 15 is 0 Å². The van der Waals surface area contributed by atoms with Crippen molar-refractivity contribution in [3.63, 3.8) is 0 Å². The molecule has 28 heavy (non-hydrogen) atoms. The van der Waals surface area contributed by atoms with Crippen LogP contribution in [0.1, 0.15) is 11.4 Å². The molecule has 0 unspecified atom stereocenters. The zero-order valence-electron chi connectivity index (χ0n) is 15.4. The Balaban J connectivity index is 1.56. The molecular formula is C20H20N6O2. The number of hydrogen-bond acceptors (Lipinski definition) is 5. The molecule has 0 aliphatic rings. The molecule has 0 bridgehead atoms. The average Bonchev–Trinajstić information content (AvgIpc) is 2.94. The average molecular weight is 376 g/mol. The van der Waals surface area contributed by atoms with Gasteiger partial charge in [0.05, 0.1) is 23.3 Å². The molecule has 1 aromatic carbocycles. The van der Waals surface area contributed by atoms with Gasteiger partial charge in [0.2, 0.25) is 5.95 Å².